The van der Waals surface area contributed by atoms with E-state index in [1.807, 2.05) is 65.7 Å². The van der Waals surface area contributed by atoms with Crippen molar-refractivity contribution in [3.63, 3.8) is 0 Å². The van der Waals surface area contributed by atoms with Crippen molar-refractivity contribution in [2.75, 3.05) is 18.7 Å². The molecule has 0 saturated heterocycles. The third-order valence-electron chi connectivity index (χ3n) is 7.15. The summed E-state index contributed by atoms with van der Waals surface area (Å²) < 4.78 is 42.5. The van der Waals surface area contributed by atoms with E-state index in [1.165, 1.54) is 17.2 Å². The fraction of sp³-hybridized carbons (Fsp3) is 0.200. The molecule has 0 bridgehead atoms. The van der Waals surface area contributed by atoms with E-state index in [2.05, 4.69) is 0 Å². The minimum atomic E-state index is -1.01. The van der Waals surface area contributed by atoms with Gasteiger partial charge in [-0.25, -0.2) is 8.78 Å². The molecule has 0 saturated carbocycles. The van der Waals surface area contributed by atoms with Gasteiger partial charge in [0.2, 0.25) is 5.43 Å². The molecule has 0 spiro atoms. The number of hydrogen-bond donors (Lipinski definition) is 0. The molecule has 1 amide bonds. The van der Waals surface area contributed by atoms with Crippen LogP contribution in [0.2, 0.25) is 0 Å². The molecule has 1 aromatic heterocycles. The van der Waals surface area contributed by atoms with Crippen LogP contribution in [0.25, 0.3) is 0 Å². The van der Waals surface area contributed by atoms with Crippen LogP contribution in [0.3, 0.4) is 0 Å². The molecule has 3 heterocycles. The van der Waals surface area contributed by atoms with E-state index in [0.717, 1.165) is 23.3 Å². The second kappa shape index (κ2) is 9.90. The number of carbonyl (C=O) groups excluding carboxylic acids is 1. The maximum Gasteiger partial charge on any atom is 0.277 e. The molecule has 198 valence electrons. The summed E-state index contributed by atoms with van der Waals surface area (Å²) in [4.78, 5) is 28.3. The summed E-state index contributed by atoms with van der Waals surface area (Å²) in [6, 6.07) is 21.5. The van der Waals surface area contributed by atoms with Crippen LogP contribution < -0.4 is 19.9 Å². The number of amides is 1. The molecule has 2 atom stereocenters. The fourth-order valence-electron chi connectivity index (χ4n) is 5.28. The van der Waals surface area contributed by atoms with E-state index in [9.17, 15) is 18.4 Å². The largest absolute Gasteiger partial charge is 0.493 e. The summed E-state index contributed by atoms with van der Waals surface area (Å²) in [5, 5.41) is 1.90. The van der Waals surface area contributed by atoms with Gasteiger partial charge in [-0.3, -0.25) is 19.3 Å². The molecule has 2 aliphatic heterocycles. The molecular formula is C30H25F2N3O4. The van der Waals surface area contributed by atoms with Gasteiger partial charge in [-0.2, -0.15) is 0 Å². The summed E-state index contributed by atoms with van der Waals surface area (Å²) in [5.74, 6) is -2.28. The third-order valence-corrected chi connectivity index (χ3v) is 7.15. The monoisotopic (exact) mass is 529 g/mol. The highest BCUT2D eigenvalue weighted by Crippen LogP contribution is 2.41. The minimum Gasteiger partial charge on any atom is -0.493 e. The molecule has 0 fully saturated rings. The smallest absolute Gasteiger partial charge is 0.277 e. The van der Waals surface area contributed by atoms with E-state index in [-0.39, 0.29) is 30.4 Å². The summed E-state index contributed by atoms with van der Waals surface area (Å²) in [6.45, 7) is 0.252. The van der Waals surface area contributed by atoms with Crippen LogP contribution in [0.1, 0.15) is 39.6 Å². The first-order valence-electron chi connectivity index (χ1n) is 12.6. The van der Waals surface area contributed by atoms with Crippen LogP contribution in [0.4, 0.5) is 8.78 Å². The van der Waals surface area contributed by atoms with Crippen LogP contribution in [0, 0.1) is 11.6 Å². The number of pyridine rings is 1. The Labute approximate surface area is 223 Å². The maximum atomic E-state index is 14.7. The Balaban J connectivity index is 1.57. The van der Waals surface area contributed by atoms with Gasteiger partial charge in [-0.1, -0.05) is 60.7 Å². The Morgan fingerprint density at radius 3 is 2.38 bits per heavy atom. The molecule has 2 aliphatic rings. The first-order valence-corrected chi connectivity index (χ1v) is 12.6. The van der Waals surface area contributed by atoms with Crippen molar-refractivity contribution < 1.29 is 23.0 Å². The van der Waals surface area contributed by atoms with Gasteiger partial charge in [0.1, 0.15) is 24.6 Å². The van der Waals surface area contributed by atoms with Crippen molar-refractivity contribution >= 4 is 5.91 Å². The molecular weight excluding hydrogens is 504 g/mol. The van der Waals surface area contributed by atoms with Gasteiger partial charge in [-0.05, 0) is 17.2 Å². The predicted molar refractivity (Wildman–Crippen MR) is 140 cm³/mol. The zero-order chi connectivity index (χ0) is 27.1. The van der Waals surface area contributed by atoms with Gasteiger partial charge in [0.15, 0.2) is 23.1 Å². The number of aromatic nitrogens is 1. The lowest BCUT2D eigenvalue weighted by molar-refractivity contribution is 0.0569. The van der Waals surface area contributed by atoms with Crippen LogP contribution in [-0.2, 0) is 6.61 Å². The van der Waals surface area contributed by atoms with Gasteiger partial charge in [-0.15, -0.1) is 0 Å². The molecule has 39 heavy (non-hydrogen) atoms. The average Bonchev–Trinajstić information content (AvgIpc) is 2.94. The van der Waals surface area contributed by atoms with Gasteiger partial charge < -0.3 is 14.4 Å². The number of carbonyl (C=O) groups is 1. The molecule has 3 aromatic carbocycles. The standard InChI is InChI=1S/C30H25F2N3O4/c1-33-26-13-15-38-25-17-23(32)22(31)16-21(25)27(20-10-6-3-7-11-20)35(26)34-14-12-24(36)29(28(34)30(33)37)39-18-19-8-4-2-5-9-19/h2-12,14,16-17,26-27H,13,15,18H2,1H3. The van der Waals surface area contributed by atoms with Gasteiger partial charge in [0, 0.05) is 37.4 Å². The molecule has 6 rings (SSSR count). The average molecular weight is 530 g/mol. The SMILES string of the molecule is CN1C(=O)c2c(OCc3ccccc3)c(=O)ccn2N2C(c3ccccc3)c3cc(F)c(F)cc3OCCC12. The minimum absolute atomic E-state index is 0.0590. The van der Waals surface area contributed by atoms with Gasteiger partial charge in [0.05, 0.1) is 6.61 Å². The first kappa shape index (κ1) is 24.7. The molecule has 7 nitrogen and oxygen atoms in total. The van der Waals surface area contributed by atoms with E-state index in [0.29, 0.717) is 12.0 Å². The lowest BCUT2D eigenvalue weighted by atomic mass is 9.95. The number of benzene rings is 3. The molecule has 2 unspecified atom stereocenters. The Kier molecular flexibility index (Phi) is 6.26. The highest BCUT2D eigenvalue weighted by molar-refractivity contribution is 5.96. The lowest BCUT2D eigenvalue weighted by Gasteiger charge is -2.50. The summed E-state index contributed by atoms with van der Waals surface area (Å²) in [6.07, 6.45) is 1.37. The van der Waals surface area contributed by atoms with Crippen molar-refractivity contribution in [1.29, 1.82) is 0 Å². The lowest BCUT2D eigenvalue weighted by Crippen LogP contribution is -2.62. The first-order chi connectivity index (χ1) is 18.9. The number of nitrogens with zero attached hydrogens (tertiary/aromatic N) is 3. The Bertz CT molecular complexity index is 1590. The second-order valence-corrected chi connectivity index (χ2v) is 9.51. The zero-order valence-corrected chi connectivity index (χ0v) is 21.1. The number of rotatable bonds is 4. The Hall–Kier alpha value is -4.66. The van der Waals surface area contributed by atoms with Crippen LogP contribution in [0.15, 0.2) is 89.9 Å². The van der Waals surface area contributed by atoms with Crippen molar-refractivity contribution in [2.24, 2.45) is 0 Å². The molecule has 9 heteroatoms. The number of fused-ring (bicyclic) bond motifs is 4. The fourth-order valence-corrected chi connectivity index (χ4v) is 5.28. The van der Waals surface area contributed by atoms with Crippen molar-refractivity contribution in [3.05, 3.63) is 129 Å². The molecule has 4 aromatic rings. The number of hydrogen-bond acceptors (Lipinski definition) is 5. The van der Waals surface area contributed by atoms with E-state index >= 15 is 0 Å². The molecule has 0 N–H and O–H groups in total. The van der Waals surface area contributed by atoms with E-state index < -0.39 is 35.2 Å². The zero-order valence-electron chi connectivity index (χ0n) is 21.1. The maximum absolute atomic E-state index is 14.7. The van der Waals surface area contributed by atoms with E-state index in [4.69, 9.17) is 9.47 Å². The highest BCUT2D eigenvalue weighted by atomic mass is 19.2. The van der Waals surface area contributed by atoms with Gasteiger partial charge in [0.25, 0.3) is 5.91 Å². The van der Waals surface area contributed by atoms with Crippen molar-refractivity contribution in [1.82, 2.24) is 9.58 Å². The topological polar surface area (TPSA) is 64.0 Å². The number of ether oxygens (including phenoxy) is 2. The van der Waals surface area contributed by atoms with Crippen LogP contribution >= 0.6 is 0 Å². The summed E-state index contributed by atoms with van der Waals surface area (Å²) >= 11 is 0. The Morgan fingerprint density at radius 1 is 0.949 bits per heavy atom. The highest BCUT2D eigenvalue weighted by Gasteiger charge is 2.43. The summed E-state index contributed by atoms with van der Waals surface area (Å²) in [5.41, 5.74) is 1.62. The van der Waals surface area contributed by atoms with Crippen LogP contribution in [0.5, 0.6) is 11.5 Å². The van der Waals surface area contributed by atoms with Crippen molar-refractivity contribution in [2.45, 2.75) is 25.2 Å². The van der Waals surface area contributed by atoms with Crippen molar-refractivity contribution in [3.8, 4) is 11.5 Å². The number of halogens is 2. The van der Waals surface area contributed by atoms with E-state index in [1.54, 1.807) is 11.7 Å². The normalized spacial score (nSPS) is 18.3. The Morgan fingerprint density at radius 2 is 1.64 bits per heavy atom. The predicted octanol–water partition coefficient (Wildman–Crippen LogP) is 4.63. The molecule has 0 aliphatic carbocycles. The summed E-state index contributed by atoms with van der Waals surface area (Å²) in [7, 11) is 1.65. The van der Waals surface area contributed by atoms with Gasteiger partial charge >= 0.3 is 0 Å². The van der Waals surface area contributed by atoms with Crippen LogP contribution in [-0.4, -0.2) is 35.3 Å². The quantitative estimate of drug-likeness (QED) is 0.386. The third kappa shape index (κ3) is 4.29. The molecule has 0 radical (unpaired) electrons. The second-order valence-electron chi connectivity index (χ2n) is 9.51.